The minimum absolute atomic E-state index is 0.0253. The van der Waals surface area contributed by atoms with Gasteiger partial charge in [-0.15, -0.1) is 0 Å². The van der Waals surface area contributed by atoms with Crippen LogP contribution in [0.2, 0.25) is 0 Å². The summed E-state index contributed by atoms with van der Waals surface area (Å²) in [6.07, 6.45) is 1.73. The van der Waals surface area contributed by atoms with Crippen LogP contribution in [-0.2, 0) is 10.0 Å². The molecule has 1 saturated carbocycles. The van der Waals surface area contributed by atoms with Crippen LogP contribution in [0.5, 0.6) is 0 Å². The van der Waals surface area contributed by atoms with Crippen LogP contribution in [0.1, 0.15) is 54.1 Å². The zero-order valence-electron chi connectivity index (χ0n) is 15.2. The number of nitrogens with one attached hydrogen (secondary N) is 2. The maximum absolute atomic E-state index is 12.7. The number of anilines is 1. The van der Waals surface area contributed by atoms with Gasteiger partial charge in [0.15, 0.2) is 0 Å². The van der Waals surface area contributed by atoms with Crippen LogP contribution in [-0.4, -0.2) is 20.4 Å². The zero-order chi connectivity index (χ0) is 18.9. The topological polar surface area (TPSA) is 75.3 Å². The highest BCUT2D eigenvalue weighted by molar-refractivity contribution is 7.89. The Morgan fingerprint density at radius 1 is 1.12 bits per heavy atom. The van der Waals surface area contributed by atoms with Crippen molar-refractivity contribution in [2.45, 2.75) is 50.5 Å². The third kappa shape index (κ3) is 4.31. The summed E-state index contributed by atoms with van der Waals surface area (Å²) in [5.41, 5.74) is 2.92. The first-order valence-electron chi connectivity index (χ1n) is 8.80. The van der Waals surface area contributed by atoms with Crippen LogP contribution < -0.4 is 10.0 Å². The minimum Gasteiger partial charge on any atom is -0.322 e. The fourth-order valence-corrected chi connectivity index (χ4v) is 4.01. The number of hydrogen-bond donors (Lipinski definition) is 2. The molecule has 1 aliphatic carbocycles. The molecule has 2 N–H and O–H groups in total. The van der Waals surface area contributed by atoms with Gasteiger partial charge in [0, 0.05) is 17.3 Å². The van der Waals surface area contributed by atoms with Gasteiger partial charge in [-0.2, -0.15) is 0 Å². The molecular weight excluding hydrogens is 348 g/mol. The van der Waals surface area contributed by atoms with E-state index in [9.17, 15) is 13.2 Å². The summed E-state index contributed by atoms with van der Waals surface area (Å²) in [6, 6.07) is 12.4. The Morgan fingerprint density at radius 2 is 1.85 bits per heavy atom. The summed E-state index contributed by atoms with van der Waals surface area (Å²) in [7, 11) is -3.59. The summed E-state index contributed by atoms with van der Waals surface area (Å²) in [5.74, 6) is 0.0439. The molecule has 6 heteroatoms. The molecule has 0 atom stereocenters. The predicted octanol–water partition coefficient (Wildman–Crippen LogP) is 3.81. The van der Waals surface area contributed by atoms with Crippen LogP contribution in [0, 0.1) is 6.92 Å². The molecule has 1 amide bonds. The molecule has 0 spiro atoms. The minimum atomic E-state index is -3.59. The standard InChI is InChI=1S/C20H24N2O3S/c1-13(2)15-5-4-6-17(11-15)21-20(23)19-12-18(10-7-14(19)3)26(24,25)22-16-8-9-16/h4-7,10-13,16,22H,8-9H2,1-3H3,(H,21,23). The number of hydrogen-bond acceptors (Lipinski definition) is 3. The van der Waals surface area contributed by atoms with Crippen LogP contribution >= 0.6 is 0 Å². The highest BCUT2D eigenvalue weighted by Crippen LogP contribution is 2.24. The molecule has 1 aliphatic rings. The first kappa shape index (κ1) is 18.6. The number of amides is 1. The number of benzene rings is 2. The molecule has 2 aromatic carbocycles. The van der Waals surface area contributed by atoms with E-state index >= 15 is 0 Å². The molecule has 0 aromatic heterocycles. The van der Waals surface area contributed by atoms with Crippen molar-refractivity contribution < 1.29 is 13.2 Å². The van der Waals surface area contributed by atoms with Crippen molar-refractivity contribution in [3.8, 4) is 0 Å². The average molecular weight is 372 g/mol. The lowest BCUT2D eigenvalue weighted by atomic mass is 10.0. The molecule has 0 bridgehead atoms. The van der Waals surface area contributed by atoms with Crippen molar-refractivity contribution in [3.63, 3.8) is 0 Å². The molecule has 0 saturated heterocycles. The number of carbonyl (C=O) groups is 1. The average Bonchev–Trinajstić information content (AvgIpc) is 3.38. The molecule has 0 heterocycles. The van der Waals surface area contributed by atoms with Crippen LogP contribution in [0.4, 0.5) is 5.69 Å². The first-order valence-corrected chi connectivity index (χ1v) is 10.3. The number of aryl methyl sites for hydroxylation is 1. The molecular formula is C20H24N2O3S. The van der Waals surface area contributed by atoms with E-state index in [2.05, 4.69) is 23.9 Å². The molecule has 1 fully saturated rings. The summed E-state index contributed by atoms with van der Waals surface area (Å²) in [6.45, 7) is 5.97. The van der Waals surface area contributed by atoms with E-state index in [1.54, 1.807) is 13.0 Å². The van der Waals surface area contributed by atoms with Crippen LogP contribution in [0.25, 0.3) is 0 Å². The van der Waals surface area contributed by atoms with Crippen molar-refractivity contribution in [3.05, 3.63) is 59.2 Å². The maximum Gasteiger partial charge on any atom is 0.255 e. The van der Waals surface area contributed by atoms with E-state index in [1.807, 2.05) is 24.3 Å². The number of rotatable bonds is 6. The quantitative estimate of drug-likeness (QED) is 0.810. The largest absolute Gasteiger partial charge is 0.322 e. The predicted molar refractivity (Wildman–Crippen MR) is 103 cm³/mol. The fourth-order valence-electron chi connectivity index (χ4n) is 2.68. The van der Waals surface area contributed by atoms with Crippen molar-refractivity contribution >= 4 is 21.6 Å². The summed E-state index contributed by atoms with van der Waals surface area (Å²) in [5, 5.41) is 2.87. The Labute approximate surface area is 154 Å². The van der Waals surface area contributed by atoms with Gasteiger partial charge in [-0.1, -0.05) is 32.0 Å². The Hall–Kier alpha value is -2.18. The van der Waals surface area contributed by atoms with Gasteiger partial charge in [0.2, 0.25) is 10.0 Å². The van der Waals surface area contributed by atoms with Gasteiger partial charge in [-0.3, -0.25) is 4.79 Å². The summed E-state index contributed by atoms with van der Waals surface area (Å²) < 4.78 is 27.4. The monoisotopic (exact) mass is 372 g/mol. The molecule has 2 aromatic rings. The zero-order valence-corrected chi connectivity index (χ0v) is 16.1. The van der Waals surface area contributed by atoms with Gasteiger partial charge >= 0.3 is 0 Å². The third-order valence-electron chi connectivity index (χ3n) is 4.47. The van der Waals surface area contributed by atoms with Crippen molar-refractivity contribution in [2.75, 3.05) is 5.32 Å². The van der Waals surface area contributed by atoms with Crippen LogP contribution in [0.15, 0.2) is 47.4 Å². The lowest BCUT2D eigenvalue weighted by Gasteiger charge is -2.12. The molecule has 138 valence electrons. The summed E-state index contributed by atoms with van der Waals surface area (Å²) in [4.78, 5) is 12.8. The molecule has 5 nitrogen and oxygen atoms in total. The second-order valence-corrected chi connectivity index (χ2v) is 8.82. The van der Waals surface area contributed by atoms with Gasteiger partial charge in [-0.25, -0.2) is 13.1 Å². The van der Waals surface area contributed by atoms with E-state index in [1.165, 1.54) is 12.1 Å². The second kappa shape index (κ2) is 7.21. The normalized spacial score (nSPS) is 14.5. The Kier molecular flexibility index (Phi) is 5.16. The number of sulfonamides is 1. The van der Waals surface area contributed by atoms with Gasteiger partial charge < -0.3 is 5.32 Å². The Balaban J connectivity index is 1.85. The lowest BCUT2D eigenvalue weighted by Crippen LogP contribution is -2.26. The van der Waals surface area contributed by atoms with Crippen LogP contribution in [0.3, 0.4) is 0 Å². The smallest absolute Gasteiger partial charge is 0.255 e. The molecule has 26 heavy (non-hydrogen) atoms. The molecule has 0 radical (unpaired) electrons. The van der Waals surface area contributed by atoms with Crippen molar-refractivity contribution in [2.24, 2.45) is 0 Å². The molecule has 0 aliphatic heterocycles. The van der Waals surface area contributed by atoms with Crippen molar-refractivity contribution in [1.29, 1.82) is 0 Å². The van der Waals surface area contributed by atoms with Crippen molar-refractivity contribution in [1.82, 2.24) is 4.72 Å². The van der Waals surface area contributed by atoms with Gasteiger partial charge in [0.1, 0.15) is 0 Å². The maximum atomic E-state index is 12.7. The van der Waals surface area contributed by atoms with Gasteiger partial charge in [-0.05, 0) is 61.1 Å². The highest BCUT2D eigenvalue weighted by atomic mass is 32.2. The van der Waals surface area contributed by atoms with Gasteiger partial charge in [0.05, 0.1) is 4.90 Å². The van der Waals surface area contributed by atoms with E-state index in [-0.39, 0.29) is 16.8 Å². The Morgan fingerprint density at radius 3 is 2.50 bits per heavy atom. The van der Waals surface area contributed by atoms with E-state index in [0.717, 1.165) is 24.0 Å². The van der Waals surface area contributed by atoms with E-state index < -0.39 is 10.0 Å². The van der Waals surface area contributed by atoms with E-state index in [0.29, 0.717) is 17.2 Å². The SMILES string of the molecule is Cc1ccc(S(=O)(=O)NC2CC2)cc1C(=O)Nc1cccc(C(C)C)c1. The summed E-state index contributed by atoms with van der Waals surface area (Å²) >= 11 is 0. The van der Waals surface area contributed by atoms with Gasteiger partial charge in [0.25, 0.3) is 5.91 Å². The number of carbonyl (C=O) groups excluding carboxylic acids is 1. The second-order valence-electron chi connectivity index (χ2n) is 7.11. The van der Waals surface area contributed by atoms with E-state index in [4.69, 9.17) is 0 Å². The third-order valence-corrected chi connectivity index (χ3v) is 5.99. The fraction of sp³-hybridized carbons (Fsp3) is 0.350. The molecule has 0 unspecified atom stereocenters. The highest BCUT2D eigenvalue weighted by Gasteiger charge is 2.28. The first-order chi connectivity index (χ1) is 12.3. The lowest BCUT2D eigenvalue weighted by molar-refractivity contribution is 0.102. The Bertz CT molecular complexity index is 932. The molecule has 3 rings (SSSR count).